The molecule has 26 heavy (non-hydrogen) atoms. The third-order valence-electron chi connectivity index (χ3n) is 3.32. The smallest absolute Gasteiger partial charge is 0.343 e. The summed E-state index contributed by atoms with van der Waals surface area (Å²) < 4.78 is 5.19. The van der Waals surface area contributed by atoms with E-state index >= 15 is 0 Å². The highest BCUT2D eigenvalue weighted by Gasteiger charge is 2.07. The highest BCUT2D eigenvalue weighted by atomic mass is 16.5. The summed E-state index contributed by atoms with van der Waals surface area (Å²) in [5.41, 5.74) is 1.54. The van der Waals surface area contributed by atoms with Crippen LogP contribution in [-0.4, -0.2) is 22.2 Å². The van der Waals surface area contributed by atoms with Gasteiger partial charge in [0.2, 0.25) is 0 Å². The topological polar surface area (TPSA) is 83.8 Å². The zero-order chi connectivity index (χ0) is 18.8. The number of hydrogen-bond donors (Lipinski definition) is 2. The van der Waals surface area contributed by atoms with Gasteiger partial charge in [0.25, 0.3) is 0 Å². The van der Waals surface area contributed by atoms with Gasteiger partial charge in [-0.1, -0.05) is 48.5 Å². The molecule has 3 rings (SSSR count). The van der Waals surface area contributed by atoms with E-state index in [0.717, 1.165) is 0 Å². The summed E-state index contributed by atoms with van der Waals surface area (Å²) in [7, 11) is 0. The molecule has 0 fully saturated rings. The first-order valence-corrected chi connectivity index (χ1v) is 7.85. The fourth-order valence-electron chi connectivity index (χ4n) is 2.03. The third-order valence-corrected chi connectivity index (χ3v) is 3.32. The fourth-order valence-corrected chi connectivity index (χ4v) is 2.03. The number of aliphatic hydroxyl groups is 1. The molecule has 2 N–H and O–H groups in total. The molecular weight excluding hydrogens is 332 g/mol. The van der Waals surface area contributed by atoms with Crippen LogP contribution < -0.4 is 4.74 Å². The molecule has 0 saturated carbocycles. The van der Waals surface area contributed by atoms with Gasteiger partial charge in [0.15, 0.2) is 0 Å². The number of carbonyl (C=O) groups is 2. The van der Waals surface area contributed by atoms with Crippen LogP contribution in [0.25, 0.3) is 0 Å². The highest BCUT2D eigenvalue weighted by Crippen LogP contribution is 2.15. The van der Waals surface area contributed by atoms with Crippen LogP contribution in [0, 0.1) is 0 Å². The van der Waals surface area contributed by atoms with E-state index in [1.807, 2.05) is 6.07 Å². The molecule has 0 heterocycles. The van der Waals surface area contributed by atoms with E-state index < -0.39 is 11.9 Å². The number of hydrogen-bond acceptors (Lipinski definition) is 4. The van der Waals surface area contributed by atoms with Gasteiger partial charge in [-0.05, 0) is 42.0 Å². The number of aliphatic hydroxyl groups excluding tert-OH is 1. The van der Waals surface area contributed by atoms with E-state index in [0.29, 0.717) is 22.4 Å². The summed E-state index contributed by atoms with van der Waals surface area (Å²) in [5, 5.41) is 17.4. The van der Waals surface area contributed by atoms with Crippen molar-refractivity contribution in [3.8, 4) is 5.75 Å². The Morgan fingerprint density at radius 1 is 0.769 bits per heavy atom. The average Bonchev–Trinajstić information content (AvgIpc) is 2.70. The first kappa shape index (κ1) is 18.9. The van der Waals surface area contributed by atoms with Crippen LogP contribution in [0.2, 0.25) is 0 Å². The lowest BCUT2D eigenvalue weighted by Crippen LogP contribution is -2.08. The zero-order valence-corrected chi connectivity index (χ0v) is 13.9. The van der Waals surface area contributed by atoms with Crippen molar-refractivity contribution in [1.29, 1.82) is 0 Å². The summed E-state index contributed by atoms with van der Waals surface area (Å²) in [6, 6.07) is 23.9. The van der Waals surface area contributed by atoms with Crippen molar-refractivity contribution in [3.05, 3.63) is 102 Å². The molecule has 5 heteroatoms. The molecule has 0 radical (unpaired) electrons. The van der Waals surface area contributed by atoms with Crippen LogP contribution >= 0.6 is 0 Å². The number of carbonyl (C=O) groups excluding carboxylic acids is 1. The van der Waals surface area contributed by atoms with Crippen LogP contribution in [0.4, 0.5) is 0 Å². The molecule has 3 aromatic carbocycles. The lowest BCUT2D eigenvalue weighted by molar-refractivity contribution is 0.0694. The van der Waals surface area contributed by atoms with E-state index in [1.165, 1.54) is 0 Å². The van der Waals surface area contributed by atoms with Crippen LogP contribution in [0.5, 0.6) is 5.75 Å². The van der Waals surface area contributed by atoms with Gasteiger partial charge >= 0.3 is 11.9 Å². The first-order chi connectivity index (χ1) is 12.6. The minimum Gasteiger partial charge on any atom is -0.478 e. The standard InChI is InChI=1S/C14H12O3.C7H6O2/c15-10-11-5-4-8-13(9-11)17-14(16)12-6-2-1-3-7-12;8-7(9)6-4-2-1-3-5-6/h1-9,15H,10H2;1-5H,(H,8,9). The van der Waals surface area contributed by atoms with Crippen molar-refractivity contribution in [2.75, 3.05) is 0 Å². The maximum Gasteiger partial charge on any atom is 0.343 e. The number of carboxylic acids is 1. The number of benzene rings is 3. The lowest BCUT2D eigenvalue weighted by atomic mass is 10.2. The molecule has 132 valence electrons. The van der Waals surface area contributed by atoms with Gasteiger partial charge in [-0.2, -0.15) is 0 Å². The highest BCUT2D eigenvalue weighted by molar-refractivity contribution is 5.91. The van der Waals surface area contributed by atoms with E-state index in [2.05, 4.69) is 0 Å². The van der Waals surface area contributed by atoms with Crippen LogP contribution in [0.1, 0.15) is 26.3 Å². The Morgan fingerprint density at radius 3 is 1.85 bits per heavy atom. The average molecular weight is 350 g/mol. The summed E-state index contributed by atoms with van der Waals surface area (Å²) >= 11 is 0. The van der Waals surface area contributed by atoms with E-state index in [9.17, 15) is 9.59 Å². The third kappa shape index (κ3) is 5.89. The molecule has 0 aliphatic carbocycles. The van der Waals surface area contributed by atoms with Crippen molar-refractivity contribution < 1.29 is 24.5 Å². The van der Waals surface area contributed by atoms with Gasteiger partial charge in [-0.3, -0.25) is 0 Å². The molecule has 0 bridgehead atoms. The Balaban J connectivity index is 0.000000228. The van der Waals surface area contributed by atoms with Crippen LogP contribution in [0.15, 0.2) is 84.9 Å². The molecular formula is C21H18O5. The lowest BCUT2D eigenvalue weighted by Gasteiger charge is -2.05. The van der Waals surface area contributed by atoms with Crippen molar-refractivity contribution in [2.45, 2.75) is 6.61 Å². The summed E-state index contributed by atoms with van der Waals surface area (Å²) in [6.07, 6.45) is 0. The van der Waals surface area contributed by atoms with Gasteiger partial charge < -0.3 is 14.9 Å². The second-order valence-corrected chi connectivity index (χ2v) is 5.23. The monoisotopic (exact) mass is 350 g/mol. The summed E-state index contributed by atoms with van der Waals surface area (Å²) in [6.45, 7) is -0.0727. The fraction of sp³-hybridized carbons (Fsp3) is 0.0476. The minimum atomic E-state index is -0.879. The van der Waals surface area contributed by atoms with Gasteiger partial charge in [-0.25, -0.2) is 9.59 Å². The molecule has 0 saturated heterocycles. The van der Waals surface area contributed by atoms with E-state index in [-0.39, 0.29) is 6.61 Å². The number of ether oxygens (including phenoxy) is 1. The molecule has 0 spiro atoms. The van der Waals surface area contributed by atoms with E-state index in [4.69, 9.17) is 14.9 Å². The van der Waals surface area contributed by atoms with Gasteiger partial charge in [0, 0.05) is 0 Å². The Hall–Kier alpha value is -3.44. The second-order valence-electron chi connectivity index (χ2n) is 5.23. The van der Waals surface area contributed by atoms with Crippen molar-refractivity contribution in [1.82, 2.24) is 0 Å². The zero-order valence-electron chi connectivity index (χ0n) is 13.9. The molecule has 0 amide bonds. The Kier molecular flexibility index (Phi) is 7.09. The maximum absolute atomic E-state index is 11.7. The Bertz CT molecular complexity index is 845. The predicted molar refractivity (Wildman–Crippen MR) is 97.2 cm³/mol. The quantitative estimate of drug-likeness (QED) is 0.552. The molecule has 0 atom stereocenters. The number of carboxylic acid groups (broad SMARTS) is 1. The SMILES string of the molecule is O=C(O)c1ccccc1.O=C(Oc1cccc(CO)c1)c1ccccc1. The summed E-state index contributed by atoms with van der Waals surface area (Å²) in [5.74, 6) is -0.846. The molecule has 0 aromatic heterocycles. The van der Waals surface area contributed by atoms with Gasteiger partial charge in [-0.15, -0.1) is 0 Å². The van der Waals surface area contributed by atoms with E-state index in [1.54, 1.807) is 78.9 Å². The molecule has 5 nitrogen and oxygen atoms in total. The van der Waals surface area contributed by atoms with Gasteiger partial charge in [0.05, 0.1) is 17.7 Å². The Morgan fingerprint density at radius 2 is 1.35 bits per heavy atom. The molecule has 0 aliphatic rings. The number of aromatic carboxylic acids is 1. The normalized spacial score (nSPS) is 9.58. The number of esters is 1. The van der Waals surface area contributed by atoms with Crippen molar-refractivity contribution in [2.24, 2.45) is 0 Å². The number of rotatable bonds is 4. The first-order valence-electron chi connectivity index (χ1n) is 7.85. The predicted octanol–water partition coefficient (Wildman–Crippen LogP) is 3.78. The maximum atomic E-state index is 11.7. The van der Waals surface area contributed by atoms with Gasteiger partial charge in [0.1, 0.15) is 5.75 Å². The van der Waals surface area contributed by atoms with Crippen molar-refractivity contribution in [3.63, 3.8) is 0 Å². The molecule has 3 aromatic rings. The molecule has 0 aliphatic heterocycles. The summed E-state index contributed by atoms with van der Waals surface area (Å²) in [4.78, 5) is 21.9. The van der Waals surface area contributed by atoms with Crippen molar-refractivity contribution >= 4 is 11.9 Å². The molecule has 0 unspecified atom stereocenters. The van der Waals surface area contributed by atoms with Crippen LogP contribution in [-0.2, 0) is 6.61 Å². The minimum absolute atomic E-state index is 0.0727. The second kappa shape index (κ2) is 9.76. The van der Waals surface area contributed by atoms with Crippen LogP contribution in [0.3, 0.4) is 0 Å². The largest absolute Gasteiger partial charge is 0.478 e. The Labute approximate surface area is 151 Å².